The van der Waals surface area contributed by atoms with Crippen LogP contribution in [0.15, 0.2) is 10.9 Å². The Morgan fingerprint density at radius 3 is 3.06 bits per heavy atom. The number of likely N-dealkylation sites (N-methyl/N-ethyl adjacent to an activating group) is 1. The van der Waals surface area contributed by atoms with Gasteiger partial charge in [0.2, 0.25) is 0 Å². The highest BCUT2D eigenvalue weighted by Gasteiger charge is 2.19. The number of aryl methyl sites for hydroxylation is 1. The van der Waals surface area contributed by atoms with Crippen molar-refractivity contribution in [3.63, 3.8) is 0 Å². The zero-order chi connectivity index (χ0) is 12.3. The monoisotopic (exact) mass is 237 g/mol. The molecule has 1 aliphatic heterocycles. The first-order chi connectivity index (χ1) is 8.19. The molecule has 2 heterocycles. The predicted octanol–water partition coefficient (Wildman–Crippen LogP) is 1.08. The van der Waals surface area contributed by atoms with Crippen molar-refractivity contribution in [1.29, 1.82) is 0 Å². The third-order valence-corrected chi connectivity index (χ3v) is 3.00. The van der Waals surface area contributed by atoms with E-state index in [1.165, 1.54) is 0 Å². The van der Waals surface area contributed by atoms with Gasteiger partial charge in [0.25, 0.3) is 5.56 Å². The second kappa shape index (κ2) is 5.31. The van der Waals surface area contributed by atoms with Crippen molar-refractivity contribution in [3.8, 4) is 0 Å². The second-order valence-electron chi connectivity index (χ2n) is 4.36. The number of hydrogen-bond donors (Lipinski definition) is 1. The van der Waals surface area contributed by atoms with E-state index in [4.69, 9.17) is 4.74 Å². The third-order valence-electron chi connectivity index (χ3n) is 3.00. The van der Waals surface area contributed by atoms with Crippen molar-refractivity contribution in [2.75, 3.05) is 24.6 Å². The van der Waals surface area contributed by atoms with Crippen molar-refractivity contribution in [3.05, 3.63) is 22.2 Å². The molecular formula is C12H19N3O2. The van der Waals surface area contributed by atoms with Crippen LogP contribution in [0.3, 0.4) is 0 Å². The predicted molar refractivity (Wildman–Crippen MR) is 66.5 cm³/mol. The maximum absolute atomic E-state index is 11.4. The summed E-state index contributed by atoms with van der Waals surface area (Å²) in [7, 11) is 0. The minimum atomic E-state index is -0.0988. The van der Waals surface area contributed by atoms with Crippen LogP contribution in [0, 0.1) is 6.92 Å². The minimum absolute atomic E-state index is 0.0988. The number of H-pyrrole nitrogens is 1. The van der Waals surface area contributed by atoms with Crippen molar-refractivity contribution >= 4 is 5.82 Å². The maximum atomic E-state index is 11.4. The van der Waals surface area contributed by atoms with Crippen LogP contribution in [-0.4, -0.2) is 35.8 Å². The van der Waals surface area contributed by atoms with Gasteiger partial charge in [-0.05, 0) is 26.7 Å². The molecule has 2 rings (SSSR count). The van der Waals surface area contributed by atoms with E-state index in [9.17, 15) is 4.79 Å². The molecule has 1 aliphatic rings. The van der Waals surface area contributed by atoms with Crippen LogP contribution in [0.5, 0.6) is 0 Å². The van der Waals surface area contributed by atoms with Crippen molar-refractivity contribution < 1.29 is 4.74 Å². The molecule has 1 aromatic heterocycles. The molecule has 1 atom stereocenters. The number of rotatable bonds is 4. The van der Waals surface area contributed by atoms with E-state index in [1.807, 2.05) is 0 Å². The van der Waals surface area contributed by atoms with Gasteiger partial charge in [0, 0.05) is 25.8 Å². The summed E-state index contributed by atoms with van der Waals surface area (Å²) in [6.45, 7) is 6.35. The highest BCUT2D eigenvalue weighted by atomic mass is 16.5. The zero-order valence-electron chi connectivity index (χ0n) is 10.4. The van der Waals surface area contributed by atoms with Gasteiger partial charge in [-0.15, -0.1) is 0 Å². The summed E-state index contributed by atoms with van der Waals surface area (Å²) in [6, 6.07) is 1.55. The molecule has 0 radical (unpaired) electrons. The largest absolute Gasteiger partial charge is 0.376 e. The Balaban J connectivity index is 2.13. The average Bonchev–Trinajstić information content (AvgIpc) is 2.77. The van der Waals surface area contributed by atoms with Crippen LogP contribution in [0.25, 0.3) is 0 Å². The van der Waals surface area contributed by atoms with E-state index in [2.05, 4.69) is 21.8 Å². The van der Waals surface area contributed by atoms with Crippen molar-refractivity contribution in [1.82, 2.24) is 9.97 Å². The Hall–Kier alpha value is -1.36. The standard InChI is InChI=1S/C12H19N3O2/c1-3-15(8-10-5-4-6-17-10)11-7-12(16)14-9(2)13-11/h7,10H,3-6,8H2,1-2H3,(H,13,14,16). The lowest BCUT2D eigenvalue weighted by atomic mass is 10.2. The molecule has 1 aromatic rings. The molecule has 1 unspecified atom stereocenters. The summed E-state index contributed by atoms with van der Waals surface area (Å²) in [6.07, 6.45) is 2.50. The van der Waals surface area contributed by atoms with Crippen molar-refractivity contribution in [2.24, 2.45) is 0 Å². The van der Waals surface area contributed by atoms with Gasteiger partial charge in [0.1, 0.15) is 11.6 Å². The van der Waals surface area contributed by atoms with Crippen molar-refractivity contribution in [2.45, 2.75) is 32.8 Å². The number of ether oxygens (including phenoxy) is 1. The molecule has 17 heavy (non-hydrogen) atoms. The number of aromatic amines is 1. The van der Waals surface area contributed by atoms with Gasteiger partial charge < -0.3 is 14.6 Å². The first-order valence-electron chi connectivity index (χ1n) is 6.13. The van der Waals surface area contributed by atoms with Crippen LogP contribution in [0.1, 0.15) is 25.6 Å². The normalized spacial score (nSPS) is 19.5. The van der Waals surface area contributed by atoms with E-state index in [0.717, 1.165) is 38.4 Å². The fraction of sp³-hybridized carbons (Fsp3) is 0.667. The van der Waals surface area contributed by atoms with Crippen LogP contribution in [0.2, 0.25) is 0 Å². The molecule has 5 nitrogen and oxygen atoms in total. The molecule has 0 amide bonds. The lowest BCUT2D eigenvalue weighted by molar-refractivity contribution is 0.115. The number of aromatic nitrogens is 2. The molecule has 0 bridgehead atoms. The lowest BCUT2D eigenvalue weighted by Crippen LogP contribution is -2.33. The number of hydrogen-bond acceptors (Lipinski definition) is 4. The quantitative estimate of drug-likeness (QED) is 0.851. The topological polar surface area (TPSA) is 58.2 Å². The van der Waals surface area contributed by atoms with Crippen LogP contribution >= 0.6 is 0 Å². The van der Waals surface area contributed by atoms with Gasteiger partial charge in [-0.3, -0.25) is 4.79 Å². The van der Waals surface area contributed by atoms with Gasteiger partial charge in [-0.2, -0.15) is 0 Å². The summed E-state index contributed by atoms with van der Waals surface area (Å²) in [5, 5.41) is 0. The Morgan fingerprint density at radius 2 is 2.47 bits per heavy atom. The lowest BCUT2D eigenvalue weighted by Gasteiger charge is -2.24. The summed E-state index contributed by atoms with van der Waals surface area (Å²) in [5.74, 6) is 1.39. The molecule has 0 aromatic carbocycles. The third kappa shape index (κ3) is 3.06. The van der Waals surface area contributed by atoms with Crippen LogP contribution in [-0.2, 0) is 4.74 Å². The molecular weight excluding hydrogens is 218 g/mol. The fourth-order valence-electron chi connectivity index (χ4n) is 2.14. The molecule has 0 aliphatic carbocycles. The average molecular weight is 237 g/mol. The number of nitrogens with zero attached hydrogens (tertiary/aromatic N) is 2. The highest BCUT2D eigenvalue weighted by molar-refractivity contribution is 5.37. The van der Waals surface area contributed by atoms with Gasteiger partial charge in [-0.1, -0.05) is 0 Å². The summed E-state index contributed by atoms with van der Waals surface area (Å²) >= 11 is 0. The van der Waals surface area contributed by atoms with E-state index >= 15 is 0 Å². The number of anilines is 1. The molecule has 0 saturated carbocycles. The van der Waals surface area contributed by atoms with Gasteiger partial charge in [0.05, 0.1) is 6.10 Å². The summed E-state index contributed by atoms with van der Waals surface area (Å²) in [4.78, 5) is 20.5. The molecule has 5 heteroatoms. The molecule has 1 fully saturated rings. The van der Waals surface area contributed by atoms with E-state index in [0.29, 0.717) is 5.82 Å². The Labute approximate surface area is 101 Å². The van der Waals surface area contributed by atoms with Gasteiger partial charge in [-0.25, -0.2) is 4.98 Å². The van der Waals surface area contributed by atoms with Crippen LogP contribution < -0.4 is 10.5 Å². The highest BCUT2D eigenvalue weighted by Crippen LogP contribution is 2.16. The van der Waals surface area contributed by atoms with E-state index in [1.54, 1.807) is 13.0 Å². The summed E-state index contributed by atoms with van der Waals surface area (Å²) in [5.41, 5.74) is -0.0988. The second-order valence-corrected chi connectivity index (χ2v) is 4.36. The maximum Gasteiger partial charge on any atom is 0.252 e. The smallest absolute Gasteiger partial charge is 0.252 e. The first kappa shape index (κ1) is 12.1. The Morgan fingerprint density at radius 1 is 1.65 bits per heavy atom. The first-order valence-corrected chi connectivity index (χ1v) is 6.13. The Bertz CT molecular complexity index is 424. The van der Waals surface area contributed by atoms with Gasteiger partial charge >= 0.3 is 0 Å². The van der Waals surface area contributed by atoms with Crippen LogP contribution in [0.4, 0.5) is 5.82 Å². The fourth-order valence-corrected chi connectivity index (χ4v) is 2.14. The number of nitrogens with one attached hydrogen (secondary N) is 1. The van der Waals surface area contributed by atoms with Gasteiger partial charge in [0.15, 0.2) is 0 Å². The molecule has 1 N–H and O–H groups in total. The summed E-state index contributed by atoms with van der Waals surface area (Å²) < 4.78 is 5.61. The molecule has 1 saturated heterocycles. The van der Waals surface area contributed by atoms with E-state index in [-0.39, 0.29) is 11.7 Å². The minimum Gasteiger partial charge on any atom is -0.376 e. The molecule has 94 valence electrons. The zero-order valence-corrected chi connectivity index (χ0v) is 10.4. The Kier molecular flexibility index (Phi) is 3.78. The SMILES string of the molecule is CCN(CC1CCCO1)c1cc(=O)[nH]c(C)n1. The van der Waals surface area contributed by atoms with E-state index < -0.39 is 0 Å². The molecule has 0 spiro atoms.